The number of rotatable bonds is 5. The normalized spacial score (nSPS) is 19.2. The van der Waals surface area contributed by atoms with Crippen LogP contribution in [0.5, 0.6) is 0 Å². The third-order valence-corrected chi connectivity index (χ3v) is 3.97. The Kier molecular flexibility index (Phi) is 4.73. The third kappa shape index (κ3) is 3.88. The first kappa shape index (κ1) is 15.6. The SMILES string of the molecule is NS(=O)(=O)c1cccc([N+](=O)[O-])c1NC[C@@H]1CNCCO1. The number of morpholine rings is 1. The first-order chi connectivity index (χ1) is 9.89. The monoisotopic (exact) mass is 316 g/mol. The van der Waals surface area contributed by atoms with Gasteiger partial charge in [0.15, 0.2) is 0 Å². The second-order valence-electron chi connectivity index (χ2n) is 4.53. The fraction of sp³-hybridized carbons (Fsp3) is 0.455. The Labute approximate surface area is 121 Å². The molecule has 0 radical (unpaired) electrons. The predicted octanol–water partition coefficient (Wildman–Crippen LogP) is -0.358. The number of anilines is 1. The van der Waals surface area contributed by atoms with Gasteiger partial charge >= 0.3 is 0 Å². The van der Waals surface area contributed by atoms with Crippen LogP contribution in [0.15, 0.2) is 23.1 Å². The van der Waals surface area contributed by atoms with Gasteiger partial charge in [-0.3, -0.25) is 10.1 Å². The summed E-state index contributed by atoms with van der Waals surface area (Å²) in [6.07, 6.45) is -0.202. The number of nitrogens with zero attached hydrogens (tertiary/aromatic N) is 1. The number of para-hydroxylation sites is 1. The van der Waals surface area contributed by atoms with Crippen LogP contribution in [0.4, 0.5) is 11.4 Å². The van der Waals surface area contributed by atoms with Crippen molar-refractivity contribution in [1.29, 1.82) is 0 Å². The number of benzene rings is 1. The minimum Gasteiger partial charge on any atom is -0.376 e. The van der Waals surface area contributed by atoms with Crippen LogP contribution >= 0.6 is 0 Å². The molecule has 0 aromatic heterocycles. The van der Waals surface area contributed by atoms with Gasteiger partial charge in [-0.15, -0.1) is 0 Å². The molecule has 21 heavy (non-hydrogen) atoms. The van der Waals surface area contributed by atoms with E-state index in [9.17, 15) is 18.5 Å². The van der Waals surface area contributed by atoms with Crippen LogP contribution in [0, 0.1) is 10.1 Å². The number of nitro benzene ring substituents is 1. The maximum absolute atomic E-state index is 11.6. The summed E-state index contributed by atoms with van der Waals surface area (Å²) in [5.41, 5.74) is -0.454. The molecule has 1 saturated heterocycles. The van der Waals surface area contributed by atoms with E-state index < -0.39 is 14.9 Å². The van der Waals surface area contributed by atoms with Gasteiger partial charge in [-0.05, 0) is 6.07 Å². The van der Waals surface area contributed by atoms with Gasteiger partial charge in [-0.25, -0.2) is 13.6 Å². The van der Waals surface area contributed by atoms with Crippen molar-refractivity contribution in [3.05, 3.63) is 28.3 Å². The van der Waals surface area contributed by atoms with Gasteiger partial charge in [0.25, 0.3) is 5.69 Å². The minimum atomic E-state index is -4.07. The highest BCUT2D eigenvalue weighted by atomic mass is 32.2. The van der Waals surface area contributed by atoms with Gasteiger partial charge in [0.1, 0.15) is 10.6 Å². The molecule has 1 aliphatic heterocycles. The number of nitro groups is 1. The highest BCUT2D eigenvalue weighted by molar-refractivity contribution is 7.89. The highest BCUT2D eigenvalue weighted by Gasteiger charge is 2.24. The zero-order valence-corrected chi connectivity index (χ0v) is 11.9. The zero-order chi connectivity index (χ0) is 15.5. The highest BCUT2D eigenvalue weighted by Crippen LogP contribution is 2.30. The van der Waals surface area contributed by atoms with E-state index in [0.29, 0.717) is 13.2 Å². The number of nitrogens with two attached hydrogens (primary N) is 1. The molecular weight excluding hydrogens is 300 g/mol. The predicted molar refractivity (Wildman–Crippen MR) is 75.6 cm³/mol. The lowest BCUT2D eigenvalue weighted by atomic mass is 10.2. The molecule has 0 unspecified atom stereocenters. The molecule has 10 heteroatoms. The summed E-state index contributed by atoms with van der Waals surface area (Å²) in [7, 11) is -4.07. The zero-order valence-electron chi connectivity index (χ0n) is 11.1. The number of primary sulfonamides is 1. The number of nitrogens with one attached hydrogen (secondary N) is 2. The smallest absolute Gasteiger partial charge is 0.293 e. The lowest BCUT2D eigenvalue weighted by molar-refractivity contribution is -0.384. The third-order valence-electron chi connectivity index (χ3n) is 3.02. The second-order valence-corrected chi connectivity index (χ2v) is 6.06. The summed E-state index contributed by atoms with van der Waals surface area (Å²) in [5, 5.41) is 22.0. The van der Waals surface area contributed by atoms with E-state index in [1.54, 1.807) is 0 Å². The molecule has 116 valence electrons. The molecule has 2 rings (SSSR count). The largest absolute Gasteiger partial charge is 0.376 e. The van der Waals surface area contributed by atoms with Gasteiger partial charge in [-0.1, -0.05) is 6.07 Å². The van der Waals surface area contributed by atoms with E-state index in [4.69, 9.17) is 9.88 Å². The average Bonchev–Trinajstić information content (AvgIpc) is 2.44. The summed E-state index contributed by atoms with van der Waals surface area (Å²) >= 11 is 0. The molecule has 1 aromatic carbocycles. The van der Waals surface area contributed by atoms with E-state index in [1.165, 1.54) is 18.2 Å². The molecule has 0 bridgehead atoms. The van der Waals surface area contributed by atoms with E-state index in [2.05, 4.69) is 10.6 Å². The van der Waals surface area contributed by atoms with Crippen LogP contribution in [0.3, 0.4) is 0 Å². The van der Waals surface area contributed by atoms with Crippen LogP contribution in [-0.2, 0) is 14.8 Å². The maximum Gasteiger partial charge on any atom is 0.293 e. The van der Waals surface area contributed by atoms with Gasteiger partial charge in [-0.2, -0.15) is 0 Å². The van der Waals surface area contributed by atoms with Crippen molar-refractivity contribution in [2.45, 2.75) is 11.0 Å². The van der Waals surface area contributed by atoms with Crippen LogP contribution in [-0.4, -0.2) is 45.7 Å². The summed E-state index contributed by atoms with van der Waals surface area (Å²) in [6, 6.07) is 3.73. The van der Waals surface area contributed by atoms with Crippen LogP contribution in [0.2, 0.25) is 0 Å². The Morgan fingerprint density at radius 1 is 1.52 bits per heavy atom. The molecule has 0 amide bonds. The first-order valence-corrected chi connectivity index (χ1v) is 7.80. The molecule has 1 aromatic rings. The Bertz CT molecular complexity index is 628. The minimum absolute atomic E-state index is 0.112. The lowest BCUT2D eigenvalue weighted by Crippen LogP contribution is -2.42. The Hall–Kier alpha value is -1.75. The lowest BCUT2D eigenvalue weighted by Gasteiger charge is -2.24. The van der Waals surface area contributed by atoms with E-state index in [-0.39, 0.29) is 28.9 Å². The Morgan fingerprint density at radius 3 is 2.86 bits per heavy atom. The second kappa shape index (κ2) is 6.35. The van der Waals surface area contributed by atoms with Crippen molar-refractivity contribution >= 4 is 21.4 Å². The first-order valence-electron chi connectivity index (χ1n) is 6.26. The Balaban J connectivity index is 2.28. The number of sulfonamides is 1. The number of hydrogen-bond donors (Lipinski definition) is 3. The summed E-state index contributed by atoms with van der Waals surface area (Å²) in [4.78, 5) is 10.1. The molecule has 0 saturated carbocycles. The molecule has 9 nitrogen and oxygen atoms in total. The van der Waals surface area contributed by atoms with Gasteiger partial charge < -0.3 is 15.4 Å². The standard InChI is InChI=1S/C11H16N4O5S/c12-21(18,19)10-3-1-2-9(15(16)17)11(10)14-7-8-6-13-4-5-20-8/h1-3,8,13-14H,4-7H2,(H2,12,18,19)/t8-/m0/s1. The molecule has 0 aliphatic carbocycles. The molecule has 1 aliphatic rings. The molecule has 1 fully saturated rings. The quantitative estimate of drug-likeness (QED) is 0.498. The van der Waals surface area contributed by atoms with E-state index in [0.717, 1.165) is 6.54 Å². The molecular formula is C11H16N4O5S. The van der Waals surface area contributed by atoms with Crippen molar-refractivity contribution in [1.82, 2.24) is 5.32 Å². The van der Waals surface area contributed by atoms with E-state index >= 15 is 0 Å². The van der Waals surface area contributed by atoms with Crippen LogP contribution < -0.4 is 15.8 Å². The van der Waals surface area contributed by atoms with Gasteiger partial charge in [0.05, 0.1) is 17.6 Å². The fourth-order valence-corrected chi connectivity index (χ4v) is 2.78. The average molecular weight is 316 g/mol. The summed E-state index contributed by atoms with van der Waals surface area (Å²) in [6.45, 7) is 2.09. The topological polar surface area (TPSA) is 137 Å². The van der Waals surface area contributed by atoms with Gasteiger partial charge in [0.2, 0.25) is 10.0 Å². The van der Waals surface area contributed by atoms with E-state index in [1.807, 2.05) is 0 Å². The summed E-state index contributed by atoms with van der Waals surface area (Å²) < 4.78 is 28.6. The van der Waals surface area contributed by atoms with Crippen molar-refractivity contribution in [3.8, 4) is 0 Å². The number of ether oxygens (including phenoxy) is 1. The molecule has 4 N–H and O–H groups in total. The molecule has 1 heterocycles. The van der Waals surface area contributed by atoms with Crippen molar-refractivity contribution in [2.75, 3.05) is 31.6 Å². The maximum atomic E-state index is 11.6. The number of hydrogen-bond acceptors (Lipinski definition) is 7. The van der Waals surface area contributed by atoms with Crippen molar-refractivity contribution < 1.29 is 18.1 Å². The summed E-state index contributed by atoms with van der Waals surface area (Å²) in [5.74, 6) is 0. The molecule has 0 spiro atoms. The van der Waals surface area contributed by atoms with Gasteiger partial charge in [0, 0.05) is 25.7 Å². The van der Waals surface area contributed by atoms with Crippen molar-refractivity contribution in [2.24, 2.45) is 5.14 Å². The van der Waals surface area contributed by atoms with Crippen molar-refractivity contribution in [3.63, 3.8) is 0 Å². The molecule has 1 atom stereocenters. The van der Waals surface area contributed by atoms with Crippen LogP contribution in [0.25, 0.3) is 0 Å². The van der Waals surface area contributed by atoms with Crippen LogP contribution in [0.1, 0.15) is 0 Å². The fourth-order valence-electron chi connectivity index (χ4n) is 2.05. The Morgan fingerprint density at radius 2 is 2.29 bits per heavy atom.